The summed E-state index contributed by atoms with van der Waals surface area (Å²) in [5, 5.41) is 1.20. The Morgan fingerprint density at radius 2 is 2.00 bits per heavy atom. The monoisotopic (exact) mass is 242 g/mol. The predicted molar refractivity (Wildman–Crippen MR) is 64.9 cm³/mol. The molecule has 1 heterocycles. The van der Waals surface area contributed by atoms with Crippen molar-refractivity contribution in [1.82, 2.24) is 9.55 Å². The predicted octanol–water partition coefficient (Wildman–Crippen LogP) is 3.98. The molecule has 1 aromatic carbocycles. The van der Waals surface area contributed by atoms with E-state index in [1.165, 1.54) is 0 Å². The van der Waals surface area contributed by atoms with Crippen LogP contribution in [-0.4, -0.2) is 9.55 Å². The quantitative estimate of drug-likeness (QED) is 0.740. The van der Waals surface area contributed by atoms with Crippen LogP contribution in [0.2, 0.25) is 10.0 Å². The zero-order chi connectivity index (χ0) is 11.2. The number of imidazole rings is 1. The van der Waals surface area contributed by atoms with Crippen molar-refractivity contribution in [3.63, 3.8) is 0 Å². The fourth-order valence-electron chi connectivity index (χ4n) is 1.87. The summed E-state index contributed by atoms with van der Waals surface area (Å²) in [6, 6.07) is 1.88. The first-order chi connectivity index (χ1) is 7.06. The van der Waals surface area contributed by atoms with Gasteiger partial charge in [0.05, 0.1) is 21.1 Å². The molecule has 4 heteroatoms. The second-order valence-electron chi connectivity index (χ2n) is 3.57. The topological polar surface area (TPSA) is 17.8 Å². The van der Waals surface area contributed by atoms with Crippen molar-refractivity contribution in [2.45, 2.75) is 27.3 Å². The molecule has 15 heavy (non-hydrogen) atoms. The van der Waals surface area contributed by atoms with E-state index in [-0.39, 0.29) is 0 Å². The van der Waals surface area contributed by atoms with Crippen LogP contribution in [0.4, 0.5) is 0 Å². The van der Waals surface area contributed by atoms with Crippen LogP contribution >= 0.6 is 23.2 Å². The molecule has 2 aromatic rings. The molecule has 0 aliphatic rings. The second kappa shape index (κ2) is 3.69. The van der Waals surface area contributed by atoms with Gasteiger partial charge in [-0.25, -0.2) is 4.98 Å². The summed E-state index contributed by atoms with van der Waals surface area (Å²) >= 11 is 12.1. The summed E-state index contributed by atoms with van der Waals surface area (Å²) in [6.07, 6.45) is 0. The Morgan fingerprint density at radius 1 is 1.33 bits per heavy atom. The molecule has 0 radical (unpaired) electrons. The number of hydrogen-bond acceptors (Lipinski definition) is 1. The van der Waals surface area contributed by atoms with Gasteiger partial charge in [-0.2, -0.15) is 0 Å². The highest BCUT2D eigenvalue weighted by atomic mass is 35.5. The highest BCUT2D eigenvalue weighted by molar-refractivity contribution is 6.43. The normalized spacial score (nSPS) is 11.3. The third kappa shape index (κ3) is 1.52. The number of benzene rings is 1. The third-order valence-electron chi connectivity index (χ3n) is 2.67. The highest BCUT2D eigenvalue weighted by Crippen LogP contribution is 2.32. The molecule has 1 aromatic heterocycles. The minimum atomic E-state index is 0.594. The van der Waals surface area contributed by atoms with Crippen molar-refractivity contribution in [2.75, 3.05) is 0 Å². The molecule has 80 valence electrons. The Labute approximate surface area is 98.8 Å². The molecule has 0 aliphatic carbocycles. The number of halogens is 2. The van der Waals surface area contributed by atoms with Gasteiger partial charge in [0, 0.05) is 6.54 Å². The Bertz CT molecular complexity index is 529. The summed E-state index contributed by atoms with van der Waals surface area (Å²) in [5.74, 6) is 0.994. The third-order valence-corrected chi connectivity index (χ3v) is 3.55. The molecule has 0 atom stereocenters. The van der Waals surface area contributed by atoms with Crippen LogP contribution in [0, 0.1) is 13.8 Å². The van der Waals surface area contributed by atoms with Gasteiger partial charge in [-0.15, -0.1) is 0 Å². The van der Waals surface area contributed by atoms with Crippen LogP contribution in [0.5, 0.6) is 0 Å². The van der Waals surface area contributed by atoms with Crippen molar-refractivity contribution in [1.29, 1.82) is 0 Å². The van der Waals surface area contributed by atoms with Crippen LogP contribution in [0.25, 0.3) is 11.0 Å². The summed E-state index contributed by atoms with van der Waals surface area (Å²) in [4.78, 5) is 4.51. The molecule has 0 aliphatic heterocycles. The van der Waals surface area contributed by atoms with E-state index < -0.39 is 0 Å². The molecule has 2 rings (SSSR count). The van der Waals surface area contributed by atoms with Crippen molar-refractivity contribution >= 4 is 34.2 Å². The van der Waals surface area contributed by atoms with Crippen LogP contribution in [-0.2, 0) is 6.54 Å². The van der Waals surface area contributed by atoms with E-state index in [0.717, 1.165) is 29.0 Å². The van der Waals surface area contributed by atoms with Gasteiger partial charge in [-0.1, -0.05) is 23.2 Å². The van der Waals surface area contributed by atoms with Gasteiger partial charge >= 0.3 is 0 Å². The van der Waals surface area contributed by atoms with E-state index in [4.69, 9.17) is 23.2 Å². The van der Waals surface area contributed by atoms with Gasteiger partial charge in [0.2, 0.25) is 0 Å². The number of aryl methyl sites for hydroxylation is 3. The molecule has 0 fully saturated rings. The largest absolute Gasteiger partial charge is 0.328 e. The van der Waals surface area contributed by atoms with Gasteiger partial charge in [0.15, 0.2) is 0 Å². The smallest absolute Gasteiger partial charge is 0.106 e. The second-order valence-corrected chi connectivity index (χ2v) is 4.35. The average Bonchev–Trinajstić information content (AvgIpc) is 2.51. The highest BCUT2D eigenvalue weighted by Gasteiger charge is 2.13. The number of nitrogens with zero attached hydrogens (tertiary/aromatic N) is 2. The molecular formula is C11H12Cl2N2. The lowest BCUT2D eigenvalue weighted by molar-refractivity contribution is 0.753. The Morgan fingerprint density at radius 3 is 2.60 bits per heavy atom. The van der Waals surface area contributed by atoms with Crippen LogP contribution in [0.1, 0.15) is 18.3 Å². The molecular weight excluding hydrogens is 231 g/mol. The first kappa shape index (κ1) is 10.8. The van der Waals surface area contributed by atoms with E-state index in [2.05, 4.69) is 16.5 Å². The zero-order valence-electron chi connectivity index (χ0n) is 8.93. The molecule has 0 unspecified atom stereocenters. The number of rotatable bonds is 1. The average molecular weight is 243 g/mol. The minimum Gasteiger partial charge on any atom is -0.328 e. The van der Waals surface area contributed by atoms with E-state index in [9.17, 15) is 0 Å². The van der Waals surface area contributed by atoms with Gasteiger partial charge in [-0.05, 0) is 32.4 Å². The fourth-order valence-corrected chi connectivity index (χ4v) is 2.26. The Hall–Kier alpha value is -0.730. The van der Waals surface area contributed by atoms with Crippen LogP contribution in [0.3, 0.4) is 0 Å². The minimum absolute atomic E-state index is 0.594. The van der Waals surface area contributed by atoms with Gasteiger partial charge in [0.25, 0.3) is 0 Å². The Balaban J connectivity index is 2.92. The van der Waals surface area contributed by atoms with Crippen LogP contribution in [0.15, 0.2) is 6.07 Å². The summed E-state index contributed by atoms with van der Waals surface area (Å²) < 4.78 is 2.13. The molecule has 0 spiro atoms. The first-order valence-corrected chi connectivity index (χ1v) is 5.63. The molecule has 0 saturated carbocycles. The van der Waals surface area contributed by atoms with Crippen molar-refractivity contribution in [3.8, 4) is 0 Å². The number of fused-ring (bicyclic) bond motifs is 1. The van der Waals surface area contributed by atoms with Gasteiger partial charge in [0.1, 0.15) is 5.82 Å². The number of hydrogen-bond donors (Lipinski definition) is 0. The SMILES string of the molecule is CCn1c(C)nc2c(C)c(Cl)c(Cl)cc21. The van der Waals surface area contributed by atoms with E-state index >= 15 is 0 Å². The maximum absolute atomic E-state index is 6.08. The summed E-state index contributed by atoms with van der Waals surface area (Å²) in [7, 11) is 0. The lowest BCUT2D eigenvalue weighted by Crippen LogP contribution is -1.96. The molecule has 0 amide bonds. The van der Waals surface area contributed by atoms with Crippen molar-refractivity contribution < 1.29 is 0 Å². The lowest BCUT2D eigenvalue weighted by Gasteiger charge is -2.04. The van der Waals surface area contributed by atoms with Crippen molar-refractivity contribution in [3.05, 3.63) is 27.5 Å². The number of aromatic nitrogens is 2. The summed E-state index contributed by atoms with van der Waals surface area (Å²) in [5.41, 5.74) is 2.96. The molecule has 0 N–H and O–H groups in total. The molecule has 2 nitrogen and oxygen atoms in total. The van der Waals surface area contributed by atoms with E-state index in [0.29, 0.717) is 10.0 Å². The van der Waals surface area contributed by atoms with E-state index in [1.54, 1.807) is 0 Å². The Kier molecular flexibility index (Phi) is 2.65. The maximum atomic E-state index is 6.08. The lowest BCUT2D eigenvalue weighted by atomic mass is 10.2. The fraction of sp³-hybridized carbons (Fsp3) is 0.364. The zero-order valence-corrected chi connectivity index (χ0v) is 10.4. The molecule has 0 bridgehead atoms. The van der Waals surface area contributed by atoms with Gasteiger partial charge in [-0.3, -0.25) is 0 Å². The maximum Gasteiger partial charge on any atom is 0.106 e. The van der Waals surface area contributed by atoms with Crippen LogP contribution < -0.4 is 0 Å². The van der Waals surface area contributed by atoms with E-state index in [1.807, 2.05) is 19.9 Å². The summed E-state index contributed by atoms with van der Waals surface area (Å²) in [6.45, 7) is 6.92. The molecule has 0 saturated heterocycles. The first-order valence-electron chi connectivity index (χ1n) is 4.87. The van der Waals surface area contributed by atoms with Gasteiger partial charge < -0.3 is 4.57 Å². The van der Waals surface area contributed by atoms with Crippen molar-refractivity contribution in [2.24, 2.45) is 0 Å². The standard InChI is InChI=1S/C11H12Cl2N2/c1-4-15-7(3)14-11-6(2)10(13)8(12)5-9(11)15/h5H,4H2,1-3H3.